The highest BCUT2D eigenvalue weighted by Crippen LogP contribution is 2.24. The van der Waals surface area contributed by atoms with E-state index in [0.29, 0.717) is 22.9 Å². The van der Waals surface area contributed by atoms with Crippen molar-refractivity contribution >= 4 is 23.2 Å². The maximum absolute atomic E-state index is 12.7. The molecule has 0 fully saturated rings. The molecule has 0 aliphatic heterocycles. The van der Waals surface area contributed by atoms with Gasteiger partial charge in [-0.2, -0.15) is 0 Å². The molecule has 1 N–H and O–H groups in total. The van der Waals surface area contributed by atoms with Crippen molar-refractivity contribution < 1.29 is 9.53 Å². The van der Waals surface area contributed by atoms with Crippen LogP contribution in [0.5, 0.6) is 5.75 Å². The molecular formula is C23H22ClNO2. The Hall–Kier alpha value is -2.78. The lowest BCUT2D eigenvalue weighted by atomic mass is 10.0. The van der Waals surface area contributed by atoms with Crippen molar-refractivity contribution in [1.82, 2.24) is 0 Å². The van der Waals surface area contributed by atoms with E-state index in [-0.39, 0.29) is 5.91 Å². The second-order valence-electron chi connectivity index (χ2n) is 6.64. The number of aryl methyl sites for hydroxylation is 3. The van der Waals surface area contributed by atoms with E-state index in [1.807, 2.05) is 57.2 Å². The van der Waals surface area contributed by atoms with E-state index in [4.69, 9.17) is 16.3 Å². The van der Waals surface area contributed by atoms with Gasteiger partial charge in [0, 0.05) is 21.8 Å². The molecule has 0 aliphatic carbocycles. The molecule has 3 rings (SSSR count). The van der Waals surface area contributed by atoms with Crippen molar-refractivity contribution in [1.29, 1.82) is 0 Å². The van der Waals surface area contributed by atoms with Gasteiger partial charge in [0.15, 0.2) is 0 Å². The Morgan fingerprint density at radius 3 is 2.37 bits per heavy atom. The largest absolute Gasteiger partial charge is 0.489 e. The summed E-state index contributed by atoms with van der Waals surface area (Å²) in [4.78, 5) is 12.7. The lowest BCUT2D eigenvalue weighted by Gasteiger charge is -2.13. The van der Waals surface area contributed by atoms with Gasteiger partial charge in [-0.15, -0.1) is 0 Å². The predicted octanol–water partition coefficient (Wildman–Crippen LogP) is 6.10. The predicted molar refractivity (Wildman–Crippen MR) is 111 cm³/mol. The Morgan fingerprint density at radius 2 is 1.67 bits per heavy atom. The quantitative estimate of drug-likeness (QED) is 0.581. The van der Waals surface area contributed by atoms with E-state index in [9.17, 15) is 4.79 Å². The molecule has 4 heteroatoms. The number of anilines is 1. The van der Waals surface area contributed by atoms with E-state index in [2.05, 4.69) is 17.4 Å². The average molecular weight is 380 g/mol. The number of hydrogen-bond acceptors (Lipinski definition) is 2. The minimum Gasteiger partial charge on any atom is -0.489 e. The summed E-state index contributed by atoms with van der Waals surface area (Å²) in [5, 5.41) is 3.68. The SMILES string of the molecule is Cc1cc(C)c(NC(=O)c2cccc(OCc3ccccc3Cl)c2)c(C)c1. The van der Waals surface area contributed by atoms with Gasteiger partial charge in [-0.05, 0) is 56.2 Å². The van der Waals surface area contributed by atoms with Crippen LogP contribution in [-0.4, -0.2) is 5.91 Å². The van der Waals surface area contributed by atoms with Crippen LogP contribution in [0.15, 0.2) is 60.7 Å². The Labute approximate surface area is 164 Å². The maximum atomic E-state index is 12.7. The number of nitrogens with one attached hydrogen (secondary N) is 1. The summed E-state index contributed by atoms with van der Waals surface area (Å²) in [6.07, 6.45) is 0. The summed E-state index contributed by atoms with van der Waals surface area (Å²) in [6.45, 7) is 6.39. The van der Waals surface area contributed by atoms with Crippen molar-refractivity contribution in [3.63, 3.8) is 0 Å². The second kappa shape index (κ2) is 8.28. The third-order valence-electron chi connectivity index (χ3n) is 4.36. The Balaban J connectivity index is 1.73. The van der Waals surface area contributed by atoms with Crippen LogP contribution >= 0.6 is 11.6 Å². The lowest BCUT2D eigenvalue weighted by Crippen LogP contribution is -2.14. The fraction of sp³-hybridized carbons (Fsp3) is 0.174. The highest BCUT2D eigenvalue weighted by molar-refractivity contribution is 6.31. The van der Waals surface area contributed by atoms with Crippen LogP contribution in [0.2, 0.25) is 5.02 Å². The van der Waals surface area contributed by atoms with Gasteiger partial charge in [-0.3, -0.25) is 4.79 Å². The van der Waals surface area contributed by atoms with Gasteiger partial charge in [0.1, 0.15) is 12.4 Å². The van der Waals surface area contributed by atoms with Gasteiger partial charge in [0.2, 0.25) is 0 Å². The summed E-state index contributed by atoms with van der Waals surface area (Å²) in [5.74, 6) is 0.466. The highest BCUT2D eigenvalue weighted by atomic mass is 35.5. The topological polar surface area (TPSA) is 38.3 Å². The first-order chi connectivity index (χ1) is 12.9. The lowest BCUT2D eigenvalue weighted by molar-refractivity contribution is 0.102. The average Bonchev–Trinajstić information content (AvgIpc) is 2.64. The molecule has 0 saturated carbocycles. The molecule has 0 aliphatic rings. The molecule has 3 aromatic carbocycles. The zero-order valence-electron chi connectivity index (χ0n) is 15.7. The molecule has 138 valence electrons. The van der Waals surface area contributed by atoms with Gasteiger partial charge in [-0.25, -0.2) is 0 Å². The van der Waals surface area contributed by atoms with Crippen LogP contribution in [0.4, 0.5) is 5.69 Å². The molecule has 0 unspecified atom stereocenters. The Morgan fingerprint density at radius 1 is 0.963 bits per heavy atom. The Kier molecular flexibility index (Phi) is 5.82. The summed E-state index contributed by atoms with van der Waals surface area (Å²) in [7, 11) is 0. The number of amides is 1. The minimum absolute atomic E-state index is 0.159. The van der Waals surface area contributed by atoms with Gasteiger partial charge < -0.3 is 10.1 Å². The molecule has 0 spiro atoms. The van der Waals surface area contributed by atoms with Gasteiger partial charge in [0.05, 0.1) is 0 Å². The molecular weight excluding hydrogens is 358 g/mol. The monoisotopic (exact) mass is 379 g/mol. The summed E-state index contributed by atoms with van der Waals surface area (Å²) in [6, 6.07) is 18.8. The van der Waals surface area contributed by atoms with Crippen molar-refractivity contribution in [3.05, 3.63) is 93.5 Å². The van der Waals surface area contributed by atoms with E-state index in [0.717, 1.165) is 22.4 Å². The van der Waals surface area contributed by atoms with Crippen LogP contribution in [0.25, 0.3) is 0 Å². The fourth-order valence-electron chi connectivity index (χ4n) is 3.07. The molecule has 3 nitrogen and oxygen atoms in total. The van der Waals surface area contributed by atoms with E-state index in [1.165, 1.54) is 5.56 Å². The standard InChI is InChI=1S/C23H22ClNO2/c1-15-11-16(2)22(17(3)12-15)25-23(26)18-8-6-9-20(13-18)27-14-19-7-4-5-10-21(19)24/h4-13H,14H2,1-3H3,(H,25,26). The third-order valence-corrected chi connectivity index (χ3v) is 4.73. The number of carbonyl (C=O) groups excluding carboxylic acids is 1. The van der Waals surface area contributed by atoms with Crippen LogP contribution in [-0.2, 0) is 6.61 Å². The first kappa shape index (κ1) is 19.0. The molecule has 1 amide bonds. The van der Waals surface area contributed by atoms with Crippen molar-refractivity contribution in [2.45, 2.75) is 27.4 Å². The maximum Gasteiger partial charge on any atom is 0.255 e. The van der Waals surface area contributed by atoms with Crippen LogP contribution in [0, 0.1) is 20.8 Å². The van der Waals surface area contributed by atoms with Gasteiger partial charge >= 0.3 is 0 Å². The first-order valence-electron chi connectivity index (χ1n) is 8.79. The summed E-state index contributed by atoms with van der Waals surface area (Å²) in [5.41, 5.74) is 5.58. The van der Waals surface area contributed by atoms with Crippen molar-refractivity contribution in [2.24, 2.45) is 0 Å². The van der Waals surface area contributed by atoms with Gasteiger partial charge in [-0.1, -0.05) is 53.6 Å². The molecule has 27 heavy (non-hydrogen) atoms. The molecule has 3 aromatic rings. The third kappa shape index (κ3) is 4.69. The summed E-state index contributed by atoms with van der Waals surface area (Å²) < 4.78 is 5.81. The van der Waals surface area contributed by atoms with Crippen LogP contribution < -0.4 is 10.1 Å². The molecule has 0 aromatic heterocycles. The number of ether oxygens (including phenoxy) is 1. The van der Waals surface area contributed by atoms with Crippen molar-refractivity contribution in [3.8, 4) is 5.75 Å². The molecule has 0 bridgehead atoms. The molecule has 0 radical (unpaired) electrons. The van der Waals surface area contributed by atoms with Gasteiger partial charge in [0.25, 0.3) is 5.91 Å². The smallest absolute Gasteiger partial charge is 0.255 e. The molecule has 0 saturated heterocycles. The highest BCUT2D eigenvalue weighted by Gasteiger charge is 2.11. The number of halogens is 1. The van der Waals surface area contributed by atoms with Crippen LogP contribution in [0.1, 0.15) is 32.6 Å². The van der Waals surface area contributed by atoms with E-state index in [1.54, 1.807) is 12.1 Å². The fourth-order valence-corrected chi connectivity index (χ4v) is 3.26. The van der Waals surface area contributed by atoms with Crippen molar-refractivity contribution in [2.75, 3.05) is 5.32 Å². The van der Waals surface area contributed by atoms with E-state index >= 15 is 0 Å². The zero-order chi connectivity index (χ0) is 19.4. The molecule has 0 heterocycles. The molecule has 0 atom stereocenters. The Bertz CT molecular complexity index is 959. The number of benzene rings is 3. The van der Waals surface area contributed by atoms with Crippen LogP contribution in [0.3, 0.4) is 0 Å². The number of carbonyl (C=O) groups is 1. The minimum atomic E-state index is -0.159. The number of rotatable bonds is 5. The first-order valence-corrected chi connectivity index (χ1v) is 9.17. The normalized spacial score (nSPS) is 10.5. The summed E-state index contributed by atoms with van der Waals surface area (Å²) >= 11 is 6.16. The number of hydrogen-bond donors (Lipinski definition) is 1. The second-order valence-corrected chi connectivity index (χ2v) is 7.04. The van der Waals surface area contributed by atoms with E-state index < -0.39 is 0 Å². The zero-order valence-corrected chi connectivity index (χ0v) is 16.4.